The Morgan fingerprint density at radius 3 is 2.68 bits per heavy atom. The molecule has 2 amide bonds. The van der Waals surface area contributed by atoms with E-state index in [9.17, 15) is 14.0 Å². The van der Waals surface area contributed by atoms with Crippen LogP contribution in [0, 0.1) is 0 Å². The number of rotatable bonds is 6. The van der Waals surface area contributed by atoms with Crippen LogP contribution in [0.3, 0.4) is 0 Å². The van der Waals surface area contributed by atoms with Crippen LogP contribution in [0.2, 0.25) is 0 Å². The smallest absolute Gasteiger partial charge is 0.261 e. The molecule has 2 fully saturated rings. The lowest BCUT2D eigenvalue weighted by molar-refractivity contribution is -0.133. The summed E-state index contributed by atoms with van der Waals surface area (Å²) in [6.45, 7) is 0.281. The molecule has 152 valence electrons. The number of hydrogen-bond acceptors (Lipinski definition) is 7. The van der Waals surface area contributed by atoms with Crippen molar-refractivity contribution in [1.82, 2.24) is 15.6 Å². The van der Waals surface area contributed by atoms with Crippen LogP contribution in [0.25, 0.3) is 9.53 Å². The Kier molecular flexibility index (Phi) is 5.05. The summed E-state index contributed by atoms with van der Waals surface area (Å²) >= 11 is 2.90. The molecule has 0 spiro atoms. The predicted octanol–water partition coefficient (Wildman–Crippen LogP) is 2.32. The average Bonchev–Trinajstić information content (AvgIpc) is 3.31. The van der Waals surface area contributed by atoms with Crippen LogP contribution in [-0.4, -0.2) is 61.9 Å². The molecule has 0 aromatic carbocycles. The fourth-order valence-corrected chi connectivity index (χ4v) is 5.43. The molecule has 2 aromatic heterocycles. The van der Waals surface area contributed by atoms with E-state index in [0.29, 0.717) is 4.88 Å². The lowest BCUT2D eigenvalue weighted by Crippen LogP contribution is -2.61. The Bertz CT molecular complexity index is 868. The van der Waals surface area contributed by atoms with E-state index in [2.05, 4.69) is 15.6 Å². The molecule has 28 heavy (non-hydrogen) atoms. The third kappa shape index (κ3) is 3.60. The van der Waals surface area contributed by atoms with Gasteiger partial charge in [0.1, 0.15) is 4.83 Å². The van der Waals surface area contributed by atoms with Crippen LogP contribution in [0.15, 0.2) is 6.07 Å². The summed E-state index contributed by atoms with van der Waals surface area (Å²) in [5, 5.41) is 6.65. The molecule has 7 nitrogen and oxygen atoms in total. The number of hydrogen-bond donors (Lipinski definition) is 2. The molecule has 1 atom stereocenters. The van der Waals surface area contributed by atoms with Crippen molar-refractivity contribution in [3.63, 3.8) is 0 Å². The number of aromatic nitrogens is 1. The third-order valence-corrected chi connectivity index (χ3v) is 7.67. The van der Waals surface area contributed by atoms with Gasteiger partial charge in [0, 0.05) is 27.1 Å². The molecule has 1 aliphatic carbocycles. The van der Waals surface area contributed by atoms with Crippen LogP contribution in [0.5, 0.6) is 0 Å². The fraction of sp³-hybridized carbons (Fsp3) is 0.611. The first kappa shape index (κ1) is 19.5. The van der Waals surface area contributed by atoms with E-state index in [1.165, 1.54) is 11.3 Å². The topological polar surface area (TPSA) is 83.6 Å². The first-order chi connectivity index (χ1) is 13.3. The van der Waals surface area contributed by atoms with Crippen molar-refractivity contribution in [3.05, 3.63) is 10.9 Å². The van der Waals surface area contributed by atoms with Crippen LogP contribution in [-0.2, 0) is 9.53 Å². The van der Waals surface area contributed by atoms with Crippen molar-refractivity contribution in [2.75, 3.05) is 38.8 Å². The van der Waals surface area contributed by atoms with Crippen LogP contribution >= 0.6 is 22.7 Å². The number of nitrogens with zero attached hydrogens (tertiary/aromatic N) is 2. The van der Waals surface area contributed by atoms with Gasteiger partial charge in [-0.1, -0.05) is 11.3 Å². The molecule has 1 aliphatic heterocycles. The Balaban J connectivity index is 1.40. The number of amides is 2. The van der Waals surface area contributed by atoms with E-state index in [1.807, 2.05) is 25.1 Å². The van der Waals surface area contributed by atoms with Gasteiger partial charge in [0.2, 0.25) is 5.67 Å². The molecule has 4 rings (SSSR count). The third-order valence-electron chi connectivity index (χ3n) is 5.34. The van der Waals surface area contributed by atoms with Crippen LogP contribution in [0.1, 0.15) is 35.4 Å². The zero-order chi connectivity index (χ0) is 19.9. The quantitative estimate of drug-likeness (QED) is 0.741. The van der Waals surface area contributed by atoms with Crippen molar-refractivity contribution < 1.29 is 18.7 Å². The number of nitrogens with one attached hydrogen (secondary N) is 2. The SMILES string of the molecule is CN(C)c1nc2sc(C(=O)NC3(CNC(=O)C4(F)CCOC4)CCC3)cc2s1. The van der Waals surface area contributed by atoms with Crippen molar-refractivity contribution in [2.45, 2.75) is 36.9 Å². The van der Waals surface area contributed by atoms with Gasteiger partial charge in [-0.25, -0.2) is 9.37 Å². The highest BCUT2D eigenvalue weighted by Gasteiger charge is 2.45. The zero-order valence-electron chi connectivity index (χ0n) is 15.8. The molecular weight excluding hydrogens is 403 g/mol. The van der Waals surface area contributed by atoms with Gasteiger partial charge in [0.25, 0.3) is 11.8 Å². The maximum Gasteiger partial charge on any atom is 0.261 e. The van der Waals surface area contributed by atoms with Crippen molar-refractivity contribution in [1.29, 1.82) is 0 Å². The van der Waals surface area contributed by atoms with Crippen molar-refractivity contribution in [2.24, 2.45) is 0 Å². The summed E-state index contributed by atoms with van der Waals surface area (Å²) < 4.78 is 20.5. The van der Waals surface area contributed by atoms with Gasteiger partial charge in [0.05, 0.1) is 28.3 Å². The standard InChI is InChI=1S/C18H23FN4O3S2/c1-23(2)16-21-14-12(28-16)8-11(27-14)13(24)22-17(4-3-5-17)9-20-15(25)18(19)6-7-26-10-18/h8H,3-7,9-10H2,1-2H3,(H,20,25)(H,22,24). The Morgan fingerprint density at radius 2 is 2.11 bits per heavy atom. The first-order valence-corrected chi connectivity index (χ1v) is 10.9. The molecule has 2 aliphatic rings. The normalized spacial score (nSPS) is 23.4. The summed E-state index contributed by atoms with van der Waals surface area (Å²) in [5.74, 6) is -0.822. The molecule has 1 saturated heterocycles. The number of anilines is 1. The summed E-state index contributed by atoms with van der Waals surface area (Å²) in [5.41, 5.74) is -2.47. The minimum atomic E-state index is -1.96. The van der Waals surface area contributed by atoms with E-state index < -0.39 is 17.1 Å². The van der Waals surface area contributed by atoms with Gasteiger partial charge in [-0.15, -0.1) is 11.3 Å². The number of fused-ring (bicyclic) bond motifs is 1. The summed E-state index contributed by atoms with van der Waals surface area (Å²) in [4.78, 5) is 32.9. The highest BCUT2D eigenvalue weighted by atomic mass is 32.1. The maximum absolute atomic E-state index is 14.5. The van der Waals surface area contributed by atoms with E-state index in [1.54, 1.807) is 11.3 Å². The van der Waals surface area contributed by atoms with Crippen molar-refractivity contribution >= 4 is 49.1 Å². The lowest BCUT2D eigenvalue weighted by atomic mass is 9.76. The van der Waals surface area contributed by atoms with Crippen LogP contribution < -0.4 is 15.5 Å². The van der Waals surface area contributed by atoms with Gasteiger partial charge in [0.15, 0.2) is 5.13 Å². The molecule has 3 heterocycles. The highest BCUT2D eigenvalue weighted by molar-refractivity contribution is 7.29. The summed E-state index contributed by atoms with van der Waals surface area (Å²) in [7, 11) is 3.87. The van der Waals surface area contributed by atoms with Crippen LogP contribution in [0.4, 0.5) is 9.52 Å². The van der Waals surface area contributed by atoms with Gasteiger partial charge in [-0.2, -0.15) is 0 Å². The Labute approximate surface area is 170 Å². The molecule has 0 bridgehead atoms. The van der Waals surface area contributed by atoms with Crippen molar-refractivity contribution in [3.8, 4) is 0 Å². The predicted molar refractivity (Wildman–Crippen MR) is 108 cm³/mol. The number of alkyl halides is 1. The Hall–Kier alpha value is -1.78. The molecule has 1 saturated carbocycles. The molecular formula is C18H23FN4O3S2. The van der Waals surface area contributed by atoms with E-state index >= 15 is 0 Å². The molecule has 2 aromatic rings. The summed E-state index contributed by atoms with van der Waals surface area (Å²) in [6, 6.07) is 1.86. The minimum absolute atomic E-state index is 0.0755. The zero-order valence-corrected chi connectivity index (χ0v) is 17.5. The number of thiazole rings is 1. The summed E-state index contributed by atoms with van der Waals surface area (Å²) in [6.07, 6.45) is 2.56. The number of halogens is 1. The molecule has 1 unspecified atom stereocenters. The fourth-order valence-electron chi connectivity index (χ4n) is 3.41. The van der Waals surface area contributed by atoms with Gasteiger partial charge in [-0.05, 0) is 25.3 Å². The second-order valence-electron chi connectivity index (χ2n) is 7.71. The number of carbonyl (C=O) groups is 2. The first-order valence-electron chi connectivity index (χ1n) is 9.25. The monoisotopic (exact) mass is 426 g/mol. The second kappa shape index (κ2) is 7.23. The Morgan fingerprint density at radius 1 is 1.32 bits per heavy atom. The van der Waals surface area contributed by atoms with E-state index in [-0.39, 0.29) is 32.1 Å². The van der Waals surface area contributed by atoms with Gasteiger partial charge < -0.3 is 20.3 Å². The average molecular weight is 427 g/mol. The second-order valence-corrected chi connectivity index (χ2v) is 9.75. The lowest BCUT2D eigenvalue weighted by Gasteiger charge is -2.42. The van der Waals surface area contributed by atoms with Gasteiger partial charge >= 0.3 is 0 Å². The van der Waals surface area contributed by atoms with Gasteiger partial charge in [-0.3, -0.25) is 9.59 Å². The largest absolute Gasteiger partial charge is 0.377 e. The maximum atomic E-state index is 14.5. The number of thiophene rings is 1. The molecule has 0 radical (unpaired) electrons. The number of ether oxygens (including phenoxy) is 1. The highest BCUT2D eigenvalue weighted by Crippen LogP contribution is 2.36. The minimum Gasteiger partial charge on any atom is -0.377 e. The number of carbonyl (C=O) groups excluding carboxylic acids is 2. The van der Waals surface area contributed by atoms with E-state index in [0.717, 1.165) is 33.9 Å². The molecule has 2 N–H and O–H groups in total. The van der Waals surface area contributed by atoms with E-state index in [4.69, 9.17) is 4.74 Å². The molecule has 10 heteroatoms.